The van der Waals surface area contributed by atoms with E-state index in [9.17, 15) is 4.79 Å². The zero-order chi connectivity index (χ0) is 23.9. The molecule has 0 atom stereocenters. The van der Waals surface area contributed by atoms with Gasteiger partial charge in [0.1, 0.15) is 17.2 Å². The first kappa shape index (κ1) is 26.8. The van der Waals surface area contributed by atoms with Crippen molar-refractivity contribution < 1.29 is 19.0 Å². The van der Waals surface area contributed by atoms with Crippen LogP contribution in [0.2, 0.25) is 0 Å². The van der Waals surface area contributed by atoms with Crippen molar-refractivity contribution in [3.63, 3.8) is 0 Å². The molecule has 2 rings (SSSR count). The summed E-state index contributed by atoms with van der Waals surface area (Å²) < 4.78 is 17.8. The Kier molecular flexibility index (Phi) is 12.5. The zero-order valence-corrected chi connectivity index (χ0v) is 21.1. The maximum atomic E-state index is 13.2. The van der Waals surface area contributed by atoms with Gasteiger partial charge in [0.05, 0.1) is 19.8 Å². The number of Topliss-reactive ketones (excluding diaryl/α,β-unsaturated/α-hetero) is 1. The monoisotopic (exact) mass is 454 g/mol. The predicted molar refractivity (Wildman–Crippen MR) is 136 cm³/mol. The number of carbonyl (C=O) groups excluding carboxylic acids is 1. The number of ketones is 1. The molecule has 4 heteroatoms. The van der Waals surface area contributed by atoms with Crippen LogP contribution >= 0.6 is 0 Å². The Bertz CT molecular complexity index is 815. The summed E-state index contributed by atoms with van der Waals surface area (Å²) in [5.74, 6) is 2.40. The van der Waals surface area contributed by atoms with Crippen LogP contribution in [0.3, 0.4) is 0 Å². The maximum absolute atomic E-state index is 13.2. The highest BCUT2D eigenvalue weighted by Crippen LogP contribution is 2.27. The van der Waals surface area contributed by atoms with E-state index < -0.39 is 0 Å². The molecule has 2 aromatic carbocycles. The highest BCUT2D eigenvalue weighted by molar-refractivity contribution is 5.97. The fourth-order valence-electron chi connectivity index (χ4n) is 3.48. The molecule has 0 unspecified atom stereocenters. The van der Waals surface area contributed by atoms with E-state index in [0.29, 0.717) is 49.7 Å². The SMILES string of the molecule is CCCCOc1cc(OCCCC)cc(C(=O)CCc2cc(CC)ccc2OCCCC)c1. The first-order valence-corrected chi connectivity index (χ1v) is 12.8. The minimum atomic E-state index is 0.0951. The van der Waals surface area contributed by atoms with Crippen molar-refractivity contribution in [1.82, 2.24) is 0 Å². The van der Waals surface area contributed by atoms with Gasteiger partial charge < -0.3 is 14.2 Å². The van der Waals surface area contributed by atoms with Crippen molar-refractivity contribution in [2.45, 2.75) is 85.5 Å². The summed E-state index contributed by atoms with van der Waals surface area (Å²) in [7, 11) is 0. The van der Waals surface area contributed by atoms with E-state index in [1.165, 1.54) is 5.56 Å². The molecule has 182 valence electrons. The van der Waals surface area contributed by atoms with Gasteiger partial charge in [-0.3, -0.25) is 4.79 Å². The quantitative estimate of drug-likeness (QED) is 0.182. The molecular formula is C29H42O4. The highest BCUT2D eigenvalue weighted by Gasteiger charge is 2.13. The molecule has 0 aliphatic heterocycles. The summed E-state index contributed by atoms with van der Waals surface area (Å²) in [6.07, 6.45) is 8.27. The van der Waals surface area contributed by atoms with Crippen LogP contribution in [-0.4, -0.2) is 25.6 Å². The molecule has 0 aliphatic carbocycles. The Morgan fingerprint density at radius 2 is 1.30 bits per heavy atom. The number of carbonyl (C=O) groups is 1. The van der Waals surface area contributed by atoms with Crippen LogP contribution in [0.4, 0.5) is 0 Å². The average Bonchev–Trinajstić information content (AvgIpc) is 2.83. The van der Waals surface area contributed by atoms with Crippen LogP contribution in [0.25, 0.3) is 0 Å². The van der Waals surface area contributed by atoms with Crippen molar-refractivity contribution in [2.75, 3.05) is 19.8 Å². The molecule has 4 nitrogen and oxygen atoms in total. The molecule has 0 saturated heterocycles. The molecular weight excluding hydrogens is 412 g/mol. The van der Waals surface area contributed by atoms with Crippen molar-refractivity contribution >= 4 is 5.78 Å². The molecule has 0 heterocycles. The molecule has 0 spiro atoms. The number of rotatable bonds is 17. The van der Waals surface area contributed by atoms with E-state index in [4.69, 9.17) is 14.2 Å². The zero-order valence-electron chi connectivity index (χ0n) is 21.1. The summed E-state index contributed by atoms with van der Waals surface area (Å²) in [4.78, 5) is 13.2. The second-order valence-corrected chi connectivity index (χ2v) is 8.52. The number of hydrogen-bond donors (Lipinski definition) is 0. The lowest BCUT2D eigenvalue weighted by Gasteiger charge is -2.14. The normalized spacial score (nSPS) is 10.8. The number of aryl methyl sites for hydroxylation is 2. The van der Waals surface area contributed by atoms with Crippen LogP contribution in [0.1, 0.15) is 94.1 Å². The molecule has 0 N–H and O–H groups in total. The van der Waals surface area contributed by atoms with Crippen molar-refractivity contribution in [2.24, 2.45) is 0 Å². The van der Waals surface area contributed by atoms with E-state index >= 15 is 0 Å². The smallest absolute Gasteiger partial charge is 0.163 e. The van der Waals surface area contributed by atoms with Crippen LogP contribution in [0.15, 0.2) is 36.4 Å². The Balaban J connectivity index is 2.14. The van der Waals surface area contributed by atoms with E-state index in [1.54, 1.807) is 0 Å². The van der Waals surface area contributed by atoms with Gasteiger partial charge >= 0.3 is 0 Å². The third kappa shape index (κ3) is 9.49. The molecule has 0 bridgehead atoms. The van der Waals surface area contributed by atoms with Crippen LogP contribution < -0.4 is 14.2 Å². The molecule has 0 fully saturated rings. The molecule has 33 heavy (non-hydrogen) atoms. The van der Waals surface area contributed by atoms with Gasteiger partial charge in [0.15, 0.2) is 5.78 Å². The third-order valence-corrected chi connectivity index (χ3v) is 5.65. The molecule has 0 aromatic heterocycles. The first-order valence-electron chi connectivity index (χ1n) is 12.8. The summed E-state index contributed by atoms with van der Waals surface area (Å²) in [5.41, 5.74) is 3.02. The largest absolute Gasteiger partial charge is 0.493 e. The number of unbranched alkanes of at least 4 members (excludes halogenated alkanes) is 3. The maximum Gasteiger partial charge on any atom is 0.163 e. The molecule has 0 radical (unpaired) electrons. The second-order valence-electron chi connectivity index (χ2n) is 8.52. The predicted octanol–water partition coefficient (Wildman–Crippen LogP) is 7.60. The lowest BCUT2D eigenvalue weighted by atomic mass is 9.99. The Morgan fingerprint density at radius 3 is 1.85 bits per heavy atom. The van der Waals surface area contributed by atoms with Gasteiger partial charge in [-0.15, -0.1) is 0 Å². The number of hydrogen-bond acceptors (Lipinski definition) is 4. The third-order valence-electron chi connectivity index (χ3n) is 5.65. The van der Waals surface area contributed by atoms with E-state index in [1.807, 2.05) is 18.2 Å². The van der Waals surface area contributed by atoms with Crippen LogP contribution in [0, 0.1) is 0 Å². The standard InChI is InChI=1S/C29H42O4/c1-5-9-16-31-26-20-25(21-27(22-26)32-17-10-6-2)28(30)14-13-24-19-23(8-4)12-15-29(24)33-18-11-7-3/h12,15,19-22H,5-11,13-14,16-18H2,1-4H3. The summed E-state index contributed by atoms with van der Waals surface area (Å²) in [5, 5.41) is 0. The van der Waals surface area contributed by atoms with Crippen molar-refractivity contribution in [1.29, 1.82) is 0 Å². The Labute approximate surface area is 200 Å². The van der Waals surface area contributed by atoms with Crippen LogP contribution in [0.5, 0.6) is 17.2 Å². The van der Waals surface area contributed by atoms with Gasteiger partial charge in [-0.05, 0) is 61.4 Å². The minimum Gasteiger partial charge on any atom is -0.493 e. The molecule has 0 amide bonds. The van der Waals surface area contributed by atoms with E-state index in [2.05, 4.69) is 45.9 Å². The van der Waals surface area contributed by atoms with E-state index in [-0.39, 0.29) is 5.78 Å². The lowest BCUT2D eigenvalue weighted by Crippen LogP contribution is -2.06. The minimum absolute atomic E-state index is 0.0951. The summed E-state index contributed by atoms with van der Waals surface area (Å²) in [6, 6.07) is 11.9. The fourth-order valence-corrected chi connectivity index (χ4v) is 3.48. The number of benzene rings is 2. The van der Waals surface area contributed by atoms with Crippen molar-refractivity contribution in [3.05, 3.63) is 53.1 Å². The average molecular weight is 455 g/mol. The fraction of sp³-hybridized carbons (Fsp3) is 0.552. The van der Waals surface area contributed by atoms with Gasteiger partial charge in [0.25, 0.3) is 0 Å². The van der Waals surface area contributed by atoms with Gasteiger partial charge in [0.2, 0.25) is 0 Å². The van der Waals surface area contributed by atoms with Gasteiger partial charge in [-0.25, -0.2) is 0 Å². The van der Waals surface area contributed by atoms with Crippen LogP contribution in [-0.2, 0) is 12.8 Å². The second kappa shape index (κ2) is 15.4. The van der Waals surface area contributed by atoms with Gasteiger partial charge in [-0.1, -0.05) is 59.1 Å². The lowest BCUT2D eigenvalue weighted by molar-refractivity contribution is 0.0981. The first-order chi connectivity index (χ1) is 16.1. The van der Waals surface area contributed by atoms with Gasteiger partial charge in [0, 0.05) is 18.1 Å². The summed E-state index contributed by atoms with van der Waals surface area (Å²) >= 11 is 0. The molecule has 0 aliphatic rings. The Hall–Kier alpha value is -2.49. The Morgan fingerprint density at radius 1 is 0.727 bits per heavy atom. The van der Waals surface area contributed by atoms with E-state index in [0.717, 1.165) is 56.3 Å². The topological polar surface area (TPSA) is 44.8 Å². The highest BCUT2D eigenvalue weighted by atomic mass is 16.5. The van der Waals surface area contributed by atoms with Crippen molar-refractivity contribution in [3.8, 4) is 17.2 Å². The van der Waals surface area contributed by atoms with Gasteiger partial charge in [-0.2, -0.15) is 0 Å². The number of ether oxygens (including phenoxy) is 3. The molecule has 2 aromatic rings. The molecule has 0 saturated carbocycles. The summed E-state index contributed by atoms with van der Waals surface area (Å²) in [6.45, 7) is 10.6.